The largest absolute Gasteiger partial charge is 0.508 e. The van der Waals surface area contributed by atoms with E-state index < -0.39 is 23.8 Å². The van der Waals surface area contributed by atoms with E-state index in [2.05, 4.69) is 0 Å². The maximum absolute atomic E-state index is 11.9. The van der Waals surface area contributed by atoms with Gasteiger partial charge in [0.15, 0.2) is 0 Å². The SMILES string of the molecule is CC(=O)N1C2CN3OC(O)(C(COC(N)=O)c4c(O)cc(C=O)cc43)C21. The minimum atomic E-state index is -1.91. The van der Waals surface area contributed by atoms with Crippen molar-refractivity contribution in [3.63, 3.8) is 0 Å². The van der Waals surface area contributed by atoms with Crippen LogP contribution in [0.15, 0.2) is 12.1 Å². The number of rotatable bonds is 3. The molecule has 1 aromatic rings. The molecule has 0 aliphatic carbocycles. The van der Waals surface area contributed by atoms with Crippen LogP contribution in [0.4, 0.5) is 10.5 Å². The number of hydrogen-bond donors (Lipinski definition) is 3. The van der Waals surface area contributed by atoms with Crippen molar-refractivity contribution in [1.29, 1.82) is 0 Å². The van der Waals surface area contributed by atoms with Gasteiger partial charge in [-0.15, -0.1) is 0 Å². The quantitative estimate of drug-likeness (QED) is 0.479. The molecule has 10 heteroatoms. The van der Waals surface area contributed by atoms with Gasteiger partial charge in [-0.2, -0.15) is 0 Å². The Bertz CT molecular complexity index is 828. The molecule has 3 aliphatic rings. The maximum atomic E-state index is 11.9. The van der Waals surface area contributed by atoms with Crippen molar-refractivity contribution in [2.45, 2.75) is 30.7 Å². The molecular weight excluding hydrogens is 346 g/mol. The highest BCUT2D eigenvalue weighted by Crippen LogP contribution is 2.56. The molecule has 4 N–H and O–H groups in total. The van der Waals surface area contributed by atoms with E-state index in [1.165, 1.54) is 29.0 Å². The first-order valence-electron chi connectivity index (χ1n) is 8.00. The molecule has 3 aliphatic heterocycles. The number of aldehydes is 1. The van der Waals surface area contributed by atoms with Crippen LogP contribution in [0.1, 0.15) is 28.8 Å². The second-order valence-electron chi connectivity index (χ2n) is 6.62. The first-order chi connectivity index (χ1) is 12.3. The van der Waals surface area contributed by atoms with Gasteiger partial charge in [0.05, 0.1) is 24.2 Å². The number of hydrogen-bond acceptors (Lipinski definition) is 8. The topological polar surface area (TPSA) is 142 Å². The van der Waals surface area contributed by atoms with Crippen molar-refractivity contribution in [2.75, 3.05) is 18.2 Å². The number of nitrogens with zero attached hydrogens (tertiary/aromatic N) is 2. The van der Waals surface area contributed by atoms with Crippen LogP contribution in [-0.4, -0.2) is 64.4 Å². The average molecular weight is 363 g/mol. The Balaban J connectivity index is 1.84. The van der Waals surface area contributed by atoms with Crippen LogP contribution >= 0.6 is 0 Å². The van der Waals surface area contributed by atoms with E-state index >= 15 is 0 Å². The molecule has 26 heavy (non-hydrogen) atoms. The minimum absolute atomic E-state index is 0.214. The fourth-order valence-corrected chi connectivity index (χ4v) is 4.08. The molecule has 0 spiro atoms. The van der Waals surface area contributed by atoms with E-state index in [4.69, 9.17) is 15.3 Å². The van der Waals surface area contributed by atoms with Crippen molar-refractivity contribution < 1.29 is 34.2 Å². The molecular formula is C16H17N3O7. The van der Waals surface area contributed by atoms with E-state index in [0.29, 0.717) is 12.0 Å². The monoisotopic (exact) mass is 363 g/mol. The lowest BCUT2D eigenvalue weighted by molar-refractivity contribution is -0.250. The first kappa shape index (κ1) is 16.6. The fraction of sp³-hybridized carbons (Fsp3) is 0.438. The molecule has 2 amide bonds. The molecule has 0 aromatic heterocycles. The second-order valence-corrected chi connectivity index (χ2v) is 6.62. The van der Waals surface area contributed by atoms with Crippen molar-refractivity contribution in [2.24, 2.45) is 5.73 Å². The van der Waals surface area contributed by atoms with Crippen LogP contribution in [0.5, 0.6) is 5.75 Å². The first-order valence-corrected chi connectivity index (χ1v) is 8.00. The highest BCUT2D eigenvalue weighted by molar-refractivity contribution is 5.82. The summed E-state index contributed by atoms with van der Waals surface area (Å²) in [6.07, 6.45) is -0.477. The number of carbonyl (C=O) groups is 3. The molecule has 0 saturated carbocycles. The number of primary amides is 1. The number of ether oxygens (including phenoxy) is 1. The summed E-state index contributed by atoms with van der Waals surface area (Å²) in [6.45, 7) is 1.28. The number of fused-ring (bicyclic) bond motifs is 6. The second kappa shape index (κ2) is 5.32. The Morgan fingerprint density at radius 2 is 2.23 bits per heavy atom. The number of aliphatic hydroxyl groups is 1. The van der Waals surface area contributed by atoms with Gasteiger partial charge in [-0.25, -0.2) is 14.7 Å². The predicted molar refractivity (Wildman–Crippen MR) is 85.2 cm³/mol. The molecule has 2 saturated heterocycles. The smallest absolute Gasteiger partial charge is 0.404 e. The third-order valence-corrected chi connectivity index (χ3v) is 5.13. The molecule has 0 radical (unpaired) electrons. The van der Waals surface area contributed by atoms with Crippen LogP contribution < -0.4 is 10.8 Å². The maximum Gasteiger partial charge on any atom is 0.404 e. The van der Waals surface area contributed by atoms with Gasteiger partial charge < -0.3 is 25.6 Å². The number of nitrogens with two attached hydrogens (primary N) is 1. The zero-order chi connectivity index (χ0) is 18.8. The molecule has 2 bridgehead atoms. The standard InChI is InChI=1S/C16H17N3O7/c1-7(21)19-11-4-18-10-2-8(5-20)3-12(22)13(10)9(6-25-15(17)23)16(24,26-18)14(11)19/h2-3,5,9,11,14,22,24H,4,6H2,1H3,(H2,17,23). The summed E-state index contributed by atoms with van der Waals surface area (Å²) in [5.41, 5.74) is 5.88. The van der Waals surface area contributed by atoms with E-state index in [1.54, 1.807) is 0 Å². The molecule has 4 atom stereocenters. The summed E-state index contributed by atoms with van der Waals surface area (Å²) in [5.74, 6) is -3.39. The summed E-state index contributed by atoms with van der Waals surface area (Å²) in [5, 5.41) is 23.0. The molecule has 138 valence electrons. The number of amides is 2. The highest BCUT2D eigenvalue weighted by Gasteiger charge is 2.71. The van der Waals surface area contributed by atoms with Crippen molar-refractivity contribution in [1.82, 2.24) is 4.90 Å². The summed E-state index contributed by atoms with van der Waals surface area (Å²) in [6, 6.07) is 1.81. The molecule has 3 heterocycles. The van der Waals surface area contributed by atoms with Crippen LogP contribution in [0.3, 0.4) is 0 Å². The molecule has 10 nitrogen and oxygen atoms in total. The number of benzene rings is 1. The number of phenolic OH excluding ortho intramolecular Hbond substituents is 1. The van der Waals surface area contributed by atoms with Crippen LogP contribution in [0.25, 0.3) is 0 Å². The lowest BCUT2D eigenvalue weighted by Gasteiger charge is -2.47. The number of carbonyl (C=O) groups excluding carboxylic acids is 3. The Hall–Kier alpha value is -2.85. The fourth-order valence-electron chi connectivity index (χ4n) is 4.08. The Morgan fingerprint density at radius 1 is 1.50 bits per heavy atom. The molecule has 4 unspecified atom stereocenters. The Morgan fingerprint density at radius 3 is 2.85 bits per heavy atom. The highest BCUT2D eigenvalue weighted by atomic mass is 16.8. The normalized spacial score (nSPS) is 30.9. The van der Waals surface area contributed by atoms with Gasteiger partial charge in [0.2, 0.25) is 11.7 Å². The molecule has 4 rings (SSSR count). The van der Waals surface area contributed by atoms with Gasteiger partial charge in [0, 0.05) is 18.1 Å². The summed E-state index contributed by atoms with van der Waals surface area (Å²) < 4.78 is 4.87. The van der Waals surface area contributed by atoms with Crippen molar-refractivity contribution >= 4 is 24.0 Å². The van der Waals surface area contributed by atoms with Crippen LogP contribution in [0, 0.1) is 0 Å². The van der Waals surface area contributed by atoms with E-state index in [-0.39, 0.29) is 42.0 Å². The third kappa shape index (κ3) is 2.15. The minimum Gasteiger partial charge on any atom is -0.508 e. The average Bonchev–Trinajstić information content (AvgIpc) is 3.30. The van der Waals surface area contributed by atoms with Crippen molar-refractivity contribution in [3.8, 4) is 5.75 Å². The lowest BCUT2D eigenvalue weighted by atomic mass is 9.82. The van der Waals surface area contributed by atoms with E-state index in [0.717, 1.165) is 0 Å². The molecule has 1 aromatic carbocycles. The summed E-state index contributed by atoms with van der Waals surface area (Å²) in [7, 11) is 0. The number of hydroxylamine groups is 1. The third-order valence-electron chi connectivity index (χ3n) is 5.13. The van der Waals surface area contributed by atoms with Crippen molar-refractivity contribution in [3.05, 3.63) is 23.3 Å². The van der Waals surface area contributed by atoms with Gasteiger partial charge >= 0.3 is 6.09 Å². The van der Waals surface area contributed by atoms with Gasteiger partial charge in [-0.05, 0) is 12.1 Å². The zero-order valence-electron chi connectivity index (χ0n) is 13.8. The number of phenols is 1. The molecule has 2 fully saturated rings. The van der Waals surface area contributed by atoms with E-state index in [1.807, 2.05) is 0 Å². The van der Waals surface area contributed by atoms with Gasteiger partial charge in [0.1, 0.15) is 24.7 Å². The summed E-state index contributed by atoms with van der Waals surface area (Å²) >= 11 is 0. The van der Waals surface area contributed by atoms with Crippen LogP contribution in [-0.2, 0) is 14.4 Å². The van der Waals surface area contributed by atoms with Gasteiger partial charge in [0.25, 0.3) is 0 Å². The Labute approximate surface area is 147 Å². The van der Waals surface area contributed by atoms with Crippen LogP contribution in [0.2, 0.25) is 0 Å². The number of aromatic hydroxyl groups is 1. The number of anilines is 1. The van der Waals surface area contributed by atoms with Gasteiger partial charge in [-0.1, -0.05) is 0 Å². The zero-order valence-corrected chi connectivity index (χ0v) is 13.8. The lowest BCUT2D eigenvalue weighted by Crippen LogP contribution is -2.59. The van der Waals surface area contributed by atoms with E-state index in [9.17, 15) is 24.6 Å². The predicted octanol–water partition coefficient (Wildman–Crippen LogP) is -0.563. The Kier molecular flexibility index (Phi) is 3.40. The summed E-state index contributed by atoms with van der Waals surface area (Å²) in [4.78, 5) is 41.2. The van der Waals surface area contributed by atoms with Gasteiger partial charge in [-0.3, -0.25) is 9.59 Å².